The van der Waals surface area contributed by atoms with Crippen molar-refractivity contribution in [2.45, 2.75) is 88.4 Å². The van der Waals surface area contributed by atoms with Gasteiger partial charge >= 0.3 is 6.18 Å². The maximum absolute atomic E-state index is 13.8. The Balaban J connectivity index is 1.39. The summed E-state index contributed by atoms with van der Waals surface area (Å²) < 4.78 is 41.3. The van der Waals surface area contributed by atoms with E-state index >= 15 is 0 Å². The molecule has 0 radical (unpaired) electrons. The van der Waals surface area contributed by atoms with Crippen molar-refractivity contribution < 1.29 is 23.1 Å². The Bertz CT molecular complexity index is 1030. The van der Waals surface area contributed by atoms with Crippen molar-refractivity contribution in [2.24, 2.45) is 10.9 Å². The molecule has 190 valence electrons. The van der Waals surface area contributed by atoms with Gasteiger partial charge in [-0.3, -0.25) is 0 Å². The average molecular weight is 489 g/mol. The van der Waals surface area contributed by atoms with Crippen LogP contribution in [-0.4, -0.2) is 23.0 Å². The standard InChI is InChI=1S/C28H35F3N2O2/c1-19(21-8-10-22(11-9-21)24-13-14-27(32,16-24)18-34)33-35-17-20-7-12-25(23-5-3-2-4-6-23)26(15-20)28(29,30)31/h7-12,15,23-24,34H,2-6,13-14,16-18,32H2,1H3/b33-19+/t24-,27-/m1/s1. The molecule has 4 rings (SSSR count). The molecule has 2 aromatic rings. The Morgan fingerprint density at radius 3 is 2.40 bits per heavy atom. The van der Waals surface area contributed by atoms with Gasteiger partial charge in [-0.15, -0.1) is 0 Å². The van der Waals surface area contributed by atoms with Gasteiger partial charge in [-0.1, -0.05) is 60.8 Å². The van der Waals surface area contributed by atoms with Crippen molar-refractivity contribution in [2.75, 3.05) is 6.61 Å². The van der Waals surface area contributed by atoms with E-state index in [1.807, 2.05) is 31.2 Å². The zero-order chi connectivity index (χ0) is 25.1. The molecule has 2 aliphatic rings. The van der Waals surface area contributed by atoms with Crippen molar-refractivity contribution in [3.8, 4) is 0 Å². The second kappa shape index (κ2) is 10.7. The summed E-state index contributed by atoms with van der Waals surface area (Å²) in [7, 11) is 0. The smallest absolute Gasteiger partial charge is 0.394 e. The molecule has 0 saturated heterocycles. The van der Waals surface area contributed by atoms with E-state index in [1.165, 1.54) is 11.6 Å². The zero-order valence-corrected chi connectivity index (χ0v) is 20.3. The third-order valence-electron chi connectivity index (χ3n) is 7.66. The summed E-state index contributed by atoms with van der Waals surface area (Å²) in [6.45, 7) is 1.79. The van der Waals surface area contributed by atoms with Crippen molar-refractivity contribution >= 4 is 5.71 Å². The lowest BCUT2D eigenvalue weighted by atomic mass is 9.81. The Kier molecular flexibility index (Phi) is 7.86. The van der Waals surface area contributed by atoms with E-state index in [1.54, 1.807) is 12.1 Å². The van der Waals surface area contributed by atoms with Crippen LogP contribution in [0.5, 0.6) is 0 Å². The van der Waals surface area contributed by atoms with Crippen LogP contribution in [0.2, 0.25) is 0 Å². The van der Waals surface area contributed by atoms with Gasteiger partial charge in [0.05, 0.1) is 17.9 Å². The fraction of sp³-hybridized carbons (Fsp3) is 0.536. The summed E-state index contributed by atoms with van der Waals surface area (Å²) in [5.41, 5.74) is 8.75. The molecule has 0 aliphatic heterocycles. The number of alkyl halides is 3. The topological polar surface area (TPSA) is 67.8 Å². The number of aliphatic hydroxyl groups is 1. The first-order chi connectivity index (χ1) is 16.7. The molecule has 0 aromatic heterocycles. The number of benzene rings is 2. The second-order valence-electron chi connectivity index (χ2n) is 10.3. The van der Waals surface area contributed by atoms with Gasteiger partial charge in [0.25, 0.3) is 0 Å². The Labute approximate surface area is 205 Å². The third-order valence-corrected chi connectivity index (χ3v) is 7.66. The highest BCUT2D eigenvalue weighted by atomic mass is 19.4. The van der Waals surface area contributed by atoms with Gasteiger partial charge in [-0.25, -0.2) is 0 Å². The van der Waals surface area contributed by atoms with E-state index < -0.39 is 17.3 Å². The van der Waals surface area contributed by atoms with Gasteiger partial charge in [0.15, 0.2) is 0 Å². The third kappa shape index (κ3) is 6.25. The Hall–Kier alpha value is -2.38. The largest absolute Gasteiger partial charge is 0.416 e. The predicted molar refractivity (Wildman–Crippen MR) is 131 cm³/mol. The van der Waals surface area contributed by atoms with Gasteiger partial charge in [-0.05, 0) is 79.2 Å². The minimum atomic E-state index is -4.39. The zero-order valence-electron chi connectivity index (χ0n) is 20.3. The van der Waals surface area contributed by atoms with E-state index in [0.29, 0.717) is 22.8 Å². The van der Waals surface area contributed by atoms with Crippen molar-refractivity contribution in [3.05, 3.63) is 70.3 Å². The first-order valence-electron chi connectivity index (χ1n) is 12.6. The number of hydrogen-bond acceptors (Lipinski definition) is 4. The molecule has 0 unspecified atom stereocenters. The van der Waals surface area contributed by atoms with E-state index in [-0.39, 0.29) is 19.1 Å². The molecule has 7 heteroatoms. The van der Waals surface area contributed by atoms with Crippen LogP contribution in [-0.2, 0) is 17.6 Å². The number of rotatable bonds is 7. The highest BCUT2D eigenvalue weighted by molar-refractivity contribution is 5.98. The summed E-state index contributed by atoms with van der Waals surface area (Å²) in [5, 5.41) is 13.6. The van der Waals surface area contributed by atoms with Crippen molar-refractivity contribution in [1.82, 2.24) is 0 Å². The molecule has 2 aromatic carbocycles. The van der Waals surface area contributed by atoms with Crippen LogP contribution in [0, 0.1) is 0 Å². The van der Waals surface area contributed by atoms with Crippen molar-refractivity contribution in [3.63, 3.8) is 0 Å². The van der Waals surface area contributed by atoms with Crippen molar-refractivity contribution in [1.29, 1.82) is 0 Å². The summed E-state index contributed by atoms with van der Waals surface area (Å²) in [6.07, 6.45) is 2.84. The maximum atomic E-state index is 13.8. The lowest BCUT2D eigenvalue weighted by Gasteiger charge is -2.25. The lowest BCUT2D eigenvalue weighted by molar-refractivity contribution is -0.138. The summed E-state index contributed by atoms with van der Waals surface area (Å²) in [5.74, 6) is 0.307. The Morgan fingerprint density at radius 1 is 1.06 bits per heavy atom. The monoisotopic (exact) mass is 488 g/mol. The van der Waals surface area contributed by atoms with Crippen LogP contribution in [0.15, 0.2) is 47.6 Å². The first-order valence-corrected chi connectivity index (χ1v) is 12.6. The van der Waals surface area contributed by atoms with Crippen LogP contribution < -0.4 is 5.73 Å². The minimum Gasteiger partial charge on any atom is -0.394 e. The molecule has 2 fully saturated rings. The molecule has 3 N–H and O–H groups in total. The number of halogens is 3. The summed E-state index contributed by atoms with van der Waals surface area (Å²) in [6, 6.07) is 12.6. The van der Waals surface area contributed by atoms with Gasteiger partial charge in [0, 0.05) is 5.54 Å². The summed E-state index contributed by atoms with van der Waals surface area (Å²) in [4.78, 5) is 5.44. The van der Waals surface area contributed by atoms with Crippen LogP contribution >= 0.6 is 0 Å². The number of nitrogens with two attached hydrogens (primary N) is 1. The van der Waals surface area contributed by atoms with E-state index in [0.717, 1.165) is 56.9 Å². The molecule has 0 heterocycles. The fourth-order valence-corrected chi connectivity index (χ4v) is 5.55. The number of aliphatic hydroxyl groups excluding tert-OH is 1. The average Bonchev–Trinajstić information content (AvgIpc) is 3.27. The molecule has 2 aliphatic carbocycles. The number of oxime groups is 1. The molecule has 0 spiro atoms. The Morgan fingerprint density at radius 2 is 1.77 bits per heavy atom. The van der Waals surface area contributed by atoms with Gasteiger partial charge in [0.2, 0.25) is 0 Å². The molecule has 4 nitrogen and oxygen atoms in total. The predicted octanol–water partition coefficient (Wildman–Crippen LogP) is 6.65. The highest BCUT2D eigenvalue weighted by Crippen LogP contribution is 2.41. The van der Waals surface area contributed by atoms with Gasteiger partial charge in [-0.2, -0.15) is 13.2 Å². The van der Waals surface area contributed by atoms with Gasteiger partial charge < -0.3 is 15.7 Å². The highest BCUT2D eigenvalue weighted by Gasteiger charge is 2.36. The molecule has 0 bridgehead atoms. The van der Waals surface area contributed by atoms with Crippen LogP contribution in [0.4, 0.5) is 13.2 Å². The molecule has 0 amide bonds. The molecule has 2 saturated carbocycles. The van der Waals surface area contributed by atoms with Crippen LogP contribution in [0.1, 0.15) is 97.9 Å². The quantitative estimate of drug-likeness (QED) is 0.339. The molecular formula is C28H35F3N2O2. The second-order valence-corrected chi connectivity index (χ2v) is 10.3. The normalized spacial score (nSPS) is 24.1. The summed E-state index contributed by atoms with van der Waals surface area (Å²) >= 11 is 0. The number of hydrogen-bond donors (Lipinski definition) is 2. The van der Waals surface area contributed by atoms with Crippen LogP contribution in [0.25, 0.3) is 0 Å². The molecule has 2 atom stereocenters. The van der Waals surface area contributed by atoms with E-state index in [9.17, 15) is 18.3 Å². The lowest BCUT2D eigenvalue weighted by Crippen LogP contribution is -2.40. The SMILES string of the molecule is C/C(=N\OCc1ccc(C2CCCCC2)c(C(F)(F)F)c1)c1ccc([C@@H]2CC[C@](N)(CO)C2)cc1. The fourth-order valence-electron chi connectivity index (χ4n) is 5.55. The minimum absolute atomic E-state index is 0.00153. The van der Waals surface area contributed by atoms with Gasteiger partial charge in [0.1, 0.15) is 6.61 Å². The first kappa shape index (κ1) is 25.7. The maximum Gasteiger partial charge on any atom is 0.416 e. The molecular weight excluding hydrogens is 453 g/mol. The van der Waals surface area contributed by atoms with E-state index in [4.69, 9.17) is 10.6 Å². The molecule has 35 heavy (non-hydrogen) atoms. The number of nitrogens with zero attached hydrogens (tertiary/aromatic N) is 1. The van der Waals surface area contributed by atoms with Crippen LogP contribution in [0.3, 0.4) is 0 Å². The van der Waals surface area contributed by atoms with E-state index in [2.05, 4.69) is 5.16 Å².